The Balaban J connectivity index is 2.02. The van der Waals surface area contributed by atoms with Crippen LogP contribution >= 0.6 is 23.2 Å². The lowest BCUT2D eigenvalue weighted by Gasteiger charge is -2.34. The van der Waals surface area contributed by atoms with Crippen LogP contribution in [0.15, 0.2) is 72.8 Å². The lowest BCUT2D eigenvalue weighted by molar-refractivity contribution is -0.141. The highest BCUT2D eigenvalue weighted by molar-refractivity contribution is 6.31. The fraction of sp³-hybridized carbons (Fsp3) is 0.286. The topological polar surface area (TPSA) is 49.4 Å². The van der Waals surface area contributed by atoms with Gasteiger partial charge in [-0.2, -0.15) is 0 Å². The summed E-state index contributed by atoms with van der Waals surface area (Å²) in [6.07, 6.45) is 0.0280. The van der Waals surface area contributed by atoms with E-state index in [2.05, 4.69) is 5.32 Å². The molecule has 7 heteroatoms. The normalized spacial score (nSPS) is 12.2. The Labute approximate surface area is 216 Å². The average Bonchev–Trinajstić information content (AvgIpc) is 2.79. The number of nitrogens with zero attached hydrogens (tertiary/aromatic N) is 1. The van der Waals surface area contributed by atoms with E-state index in [0.717, 1.165) is 11.1 Å². The summed E-state index contributed by atoms with van der Waals surface area (Å²) in [6.45, 7) is 5.80. The Morgan fingerprint density at radius 3 is 2.17 bits per heavy atom. The van der Waals surface area contributed by atoms with Gasteiger partial charge in [0.1, 0.15) is 11.9 Å². The van der Waals surface area contributed by atoms with Gasteiger partial charge in [0.05, 0.1) is 6.42 Å². The Bertz CT molecular complexity index is 1140. The number of carbonyl (C=O) groups excluding carboxylic acids is 2. The van der Waals surface area contributed by atoms with Crippen LogP contribution in [0, 0.1) is 5.82 Å². The summed E-state index contributed by atoms with van der Waals surface area (Å²) in [5, 5.41) is 3.74. The molecule has 0 aromatic heterocycles. The summed E-state index contributed by atoms with van der Waals surface area (Å²) in [6, 6.07) is 20.0. The fourth-order valence-electron chi connectivity index (χ4n) is 3.75. The van der Waals surface area contributed by atoms with Gasteiger partial charge in [0.25, 0.3) is 0 Å². The summed E-state index contributed by atoms with van der Waals surface area (Å²) < 4.78 is 14.5. The molecule has 1 N–H and O–H groups in total. The molecule has 0 unspecified atom stereocenters. The van der Waals surface area contributed by atoms with Crippen LogP contribution in [-0.2, 0) is 29.0 Å². The highest BCUT2D eigenvalue weighted by Gasteiger charge is 2.32. The summed E-state index contributed by atoms with van der Waals surface area (Å²) in [4.78, 5) is 28.7. The molecule has 0 spiro atoms. The van der Waals surface area contributed by atoms with Crippen molar-refractivity contribution >= 4 is 35.0 Å². The lowest BCUT2D eigenvalue weighted by atomic mass is 9.99. The molecule has 0 saturated heterocycles. The largest absolute Gasteiger partial charge is 0.350 e. The minimum absolute atomic E-state index is 0.106. The molecule has 0 saturated carbocycles. The second kappa shape index (κ2) is 11.7. The molecule has 35 heavy (non-hydrogen) atoms. The van der Waals surface area contributed by atoms with Crippen LogP contribution in [0.3, 0.4) is 0 Å². The van der Waals surface area contributed by atoms with Crippen LogP contribution in [0.2, 0.25) is 10.0 Å². The van der Waals surface area contributed by atoms with E-state index in [1.807, 2.05) is 51.1 Å². The number of nitrogens with one attached hydrogen (secondary N) is 1. The van der Waals surface area contributed by atoms with Crippen LogP contribution in [0.1, 0.15) is 37.5 Å². The number of hydrogen-bond donors (Lipinski definition) is 1. The van der Waals surface area contributed by atoms with Gasteiger partial charge in [-0.25, -0.2) is 4.39 Å². The number of amides is 2. The van der Waals surface area contributed by atoms with Gasteiger partial charge in [-0.05, 0) is 56.2 Å². The van der Waals surface area contributed by atoms with Gasteiger partial charge in [-0.15, -0.1) is 0 Å². The van der Waals surface area contributed by atoms with Crippen LogP contribution in [0.5, 0.6) is 0 Å². The zero-order valence-electron chi connectivity index (χ0n) is 20.0. The van der Waals surface area contributed by atoms with Crippen LogP contribution < -0.4 is 5.32 Å². The standard InChI is InChI=1S/C28H29Cl2FN2O2/c1-28(2,3)32-27(35)25(16-19-8-5-4-6-9-19)33(18-20-12-14-21(29)15-13-20)26(34)17-22-23(30)10-7-11-24(22)31/h4-15,25H,16-18H2,1-3H3,(H,32,35)/t25-/m0/s1. The van der Waals surface area contributed by atoms with E-state index in [-0.39, 0.29) is 29.5 Å². The summed E-state index contributed by atoms with van der Waals surface area (Å²) in [7, 11) is 0. The third kappa shape index (κ3) is 7.81. The van der Waals surface area contributed by atoms with Gasteiger partial charge in [0, 0.05) is 34.1 Å². The average molecular weight is 515 g/mol. The van der Waals surface area contributed by atoms with Gasteiger partial charge >= 0.3 is 0 Å². The van der Waals surface area contributed by atoms with Crippen molar-refractivity contribution in [3.05, 3.63) is 105 Å². The van der Waals surface area contributed by atoms with E-state index >= 15 is 0 Å². The van der Waals surface area contributed by atoms with Crippen molar-refractivity contribution in [2.45, 2.75) is 51.7 Å². The second-order valence-electron chi connectivity index (χ2n) is 9.47. The molecular weight excluding hydrogens is 486 g/mol. The van der Waals surface area contributed by atoms with Crippen molar-refractivity contribution in [3.8, 4) is 0 Å². The van der Waals surface area contributed by atoms with Crippen molar-refractivity contribution in [2.24, 2.45) is 0 Å². The first-order valence-electron chi connectivity index (χ1n) is 11.4. The van der Waals surface area contributed by atoms with E-state index < -0.39 is 23.3 Å². The Morgan fingerprint density at radius 1 is 0.914 bits per heavy atom. The van der Waals surface area contributed by atoms with Gasteiger partial charge in [-0.3, -0.25) is 9.59 Å². The van der Waals surface area contributed by atoms with Crippen molar-refractivity contribution in [1.82, 2.24) is 10.2 Å². The van der Waals surface area contributed by atoms with E-state index in [0.29, 0.717) is 11.4 Å². The molecule has 3 rings (SSSR count). The van der Waals surface area contributed by atoms with Crippen molar-refractivity contribution in [1.29, 1.82) is 0 Å². The SMILES string of the molecule is CC(C)(C)NC(=O)[C@H](Cc1ccccc1)N(Cc1ccc(Cl)cc1)C(=O)Cc1c(F)cccc1Cl. The van der Waals surface area contributed by atoms with Crippen molar-refractivity contribution in [2.75, 3.05) is 0 Å². The number of hydrogen-bond acceptors (Lipinski definition) is 2. The second-order valence-corrected chi connectivity index (χ2v) is 10.3. The van der Waals surface area contributed by atoms with Crippen LogP contribution in [0.25, 0.3) is 0 Å². The molecule has 0 aliphatic heterocycles. The van der Waals surface area contributed by atoms with E-state index in [4.69, 9.17) is 23.2 Å². The third-order valence-electron chi connectivity index (χ3n) is 5.43. The Kier molecular flexibility index (Phi) is 8.92. The maximum absolute atomic E-state index is 14.5. The molecule has 3 aromatic carbocycles. The Hall–Kier alpha value is -2.89. The van der Waals surface area contributed by atoms with Crippen LogP contribution in [-0.4, -0.2) is 28.3 Å². The minimum Gasteiger partial charge on any atom is -0.350 e. The van der Waals surface area contributed by atoms with E-state index in [9.17, 15) is 14.0 Å². The van der Waals surface area contributed by atoms with Gasteiger partial charge in [0.15, 0.2) is 0 Å². The summed E-state index contributed by atoms with van der Waals surface area (Å²) in [5.41, 5.74) is 1.30. The molecule has 0 aliphatic carbocycles. The van der Waals surface area contributed by atoms with Crippen LogP contribution in [0.4, 0.5) is 4.39 Å². The van der Waals surface area contributed by atoms with Crippen molar-refractivity contribution in [3.63, 3.8) is 0 Å². The maximum atomic E-state index is 14.5. The zero-order chi connectivity index (χ0) is 25.6. The van der Waals surface area contributed by atoms with Gasteiger partial charge < -0.3 is 10.2 Å². The molecule has 1 atom stereocenters. The number of rotatable bonds is 8. The predicted molar refractivity (Wildman–Crippen MR) is 139 cm³/mol. The van der Waals surface area contributed by atoms with Crippen molar-refractivity contribution < 1.29 is 14.0 Å². The molecule has 0 heterocycles. The monoisotopic (exact) mass is 514 g/mol. The first-order chi connectivity index (χ1) is 16.5. The highest BCUT2D eigenvalue weighted by Crippen LogP contribution is 2.23. The molecule has 0 radical (unpaired) electrons. The van der Waals surface area contributed by atoms with E-state index in [1.54, 1.807) is 30.3 Å². The van der Waals surface area contributed by atoms with E-state index in [1.165, 1.54) is 17.0 Å². The minimum atomic E-state index is -0.828. The fourth-order valence-corrected chi connectivity index (χ4v) is 4.10. The molecule has 3 aromatic rings. The van der Waals surface area contributed by atoms with Gasteiger partial charge in [-0.1, -0.05) is 71.7 Å². The quantitative estimate of drug-likeness (QED) is 0.387. The first kappa shape index (κ1) is 26.7. The molecule has 184 valence electrons. The van der Waals surface area contributed by atoms with Gasteiger partial charge in [0.2, 0.25) is 11.8 Å². The molecule has 0 fully saturated rings. The summed E-state index contributed by atoms with van der Waals surface area (Å²) >= 11 is 12.3. The first-order valence-corrected chi connectivity index (χ1v) is 12.1. The number of halogens is 3. The zero-order valence-corrected chi connectivity index (χ0v) is 21.5. The molecular formula is C28H29Cl2FN2O2. The predicted octanol–water partition coefficient (Wildman–Crippen LogP) is 6.23. The smallest absolute Gasteiger partial charge is 0.243 e. The molecule has 0 aliphatic rings. The molecule has 4 nitrogen and oxygen atoms in total. The third-order valence-corrected chi connectivity index (χ3v) is 6.03. The molecule has 0 bridgehead atoms. The maximum Gasteiger partial charge on any atom is 0.243 e. The Morgan fingerprint density at radius 2 is 1.57 bits per heavy atom. The molecule has 2 amide bonds. The lowest BCUT2D eigenvalue weighted by Crippen LogP contribution is -2.54. The number of benzene rings is 3. The summed E-state index contributed by atoms with van der Waals surface area (Å²) in [5.74, 6) is -1.25. The number of carbonyl (C=O) groups is 2. The highest BCUT2D eigenvalue weighted by atomic mass is 35.5.